The van der Waals surface area contributed by atoms with E-state index in [0.717, 1.165) is 5.56 Å². The van der Waals surface area contributed by atoms with Gasteiger partial charge in [-0.3, -0.25) is 0 Å². The summed E-state index contributed by atoms with van der Waals surface area (Å²) in [4.78, 5) is 0. The molecule has 0 amide bonds. The van der Waals surface area contributed by atoms with Crippen molar-refractivity contribution in [3.63, 3.8) is 0 Å². The highest BCUT2D eigenvalue weighted by atomic mass is 35.5. The molecule has 0 radical (unpaired) electrons. The van der Waals surface area contributed by atoms with E-state index in [1.807, 2.05) is 18.2 Å². The Morgan fingerprint density at radius 3 is 2.33 bits per heavy atom. The van der Waals surface area contributed by atoms with E-state index in [1.54, 1.807) is 18.2 Å². The van der Waals surface area contributed by atoms with Gasteiger partial charge in [0.25, 0.3) is 0 Å². The van der Waals surface area contributed by atoms with Crippen molar-refractivity contribution in [2.75, 3.05) is 5.73 Å². The van der Waals surface area contributed by atoms with Gasteiger partial charge in [-0.15, -0.1) is 0 Å². The Bertz CT molecular complexity index is 497. The Hall–Kier alpha value is -1.54. The summed E-state index contributed by atoms with van der Waals surface area (Å²) in [5.41, 5.74) is 7.15. The standard InChI is InChI=1S/C12H9ClFN/c13-10-6-2-1-4-8(10)9-5-3-7-11(14)12(9)15/h1-7H,15H2. The van der Waals surface area contributed by atoms with Crippen LogP contribution in [0.3, 0.4) is 0 Å². The quantitative estimate of drug-likeness (QED) is 0.730. The molecule has 0 bridgehead atoms. The first-order valence-electron chi connectivity index (χ1n) is 4.49. The molecule has 0 atom stereocenters. The van der Waals surface area contributed by atoms with Gasteiger partial charge in [-0.1, -0.05) is 41.9 Å². The average molecular weight is 222 g/mol. The number of para-hydroxylation sites is 1. The maximum atomic E-state index is 13.2. The van der Waals surface area contributed by atoms with Crippen LogP contribution in [-0.4, -0.2) is 0 Å². The Kier molecular flexibility index (Phi) is 2.60. The molecule has 0 aromatic heterocycles. The molecule has 2 aromatic rings. The van der Waals surface area contributed by atoms with Gasteiger partial charge in [0.2, 0.25) is 0 Å². The van der Waals surface area contributed by atoms with Crippen LogP contribution < -0.4 is 5.73 Å². The molecule has 0 aliphatic heterocycles. The summed E-state index contributed by atoms with van der Waals surface area (Å²) in [7, 11) is 0. The van der Waals surface area contributed by atoms with Gasteiger partial charge in [0.1, 0.15) is 5.82 Å². The zero-order valence-electron chi connectivity index (χ0n) is 7.87. The molecule has 0 fully saturated rings. The Balaban J connectivity index is 2.65. The lowest BCUT2D eigenvalue weighted by Crippen LogP contribution is -1.94. The van der Waals surface area contributed by atoms with Gasteiger partial charge in [0.05, 0.1) is 5.69 Å². The summed E-state index contributed by atoms with van der Waals surface area (Å²) in [6, 6.07) is 11.9. The summed E-state index contributed by atoms with van der Waals surface area (Å²) >= 11 is 6.01. The number of benzene rings is 2. The largest absolute Gasteiger partial charge is 0.396 e. The molecule has 1 nitrogen and oxygen atoms in total. The molecule has 2 aromatic carbocycles. The van der Waals surface area contributed by atoms with E-state index in [9.17, 15) is 4.39 Å². The second-order valence-electron chi connectivity index (χ2n) is 3.18. The van der Waals surface area contributed by atoms with Crippen molar-refractivity contribution < 1.29 is 4.39 Å². The first-order chi connectivity index (χ1) is 7.20. The van der Waals surface area contributed by atoms with Crippen molar-refractivity contribution in [2.24, 2.45) is 0 Å². The van der Waals surface area contributed by atoms with Crippen LogP contribution in [0, 0.1) is 5.82 Å². The maximum absolute atomic E-state index is 13.2. The minimum absolute atomic E-state index is 0.130. The van der Waals surface area contributed by atoms with Crippen molar-refractivity contribution in [1.82, 2.24) is 0 Å². The number of nitrogens with two attached hydrogens (primary N) is 1. The summed E-state index contributed by atoms with van der Waals surface area (Å²) in [5.74, 6) is -0.424. The van der Waals surface area contributed by atoms with E-state index in [2.05, 4.69) is 0 Å². The zero-order valence-corrected chi connectivity index (χ0v) is 8.63. The molecular weight excluding hydrogens is 213 g/mol. The number of rotatable bonds is 1. The molecule has 2 N–H and O–H groups in total. The Morgan fingerprint density at radius 1 is 0.933 bits per heavy atom. The van der Waals surface area contributed by atoms with Crippen molar-refractivity contribution in [2.45, 2.75) is 0 Å². The van der Waals surface area contributed by atoms with Gasteiger partial charge in [0, 0.05) is 16.1 Å². The summed E-state index contributed by atoms with van der Waals surface area (Å²) in [5, 5.41) is 0.565. The Morgan fingerprint density at radius 2 is 1.60 bits per heavy atom. The summed E-state index contributed by atoms with van der Waals surface area (Å²) in [6.07, 6.45) is 0. The molecule has 0 saturated heterocycles. The predicted molar refractivity (Wildman–Crippen MR) is 61.3 cm³/mol. The topological polar surface area (TPSA) is 26.0 Å². The molecule has 0 spiro atoms. The maximum Gasteiger partial charge on any atom is 0.146 e. The van der Waals surface area contributed by atoms with Crippen molar-refractivity contribution >= 4 is 17.3 Å². The highest BCUT2D eigenvalue weighted by Crippen LogP contribution is 2.32. The molecule has 3 heteroatoms. The van der Waals surface area contributed by atoms with Crippen LogP contribution in [-0.2, 0) is 0 Å². The second kappa shape index (κ2) is 3.91. The van der Waals surface area contributed by atoms with Crippen LogP contribution in [0.15, 0.2) is 42.5 Å². The van der Waals surface area contributed by atoms with Crippen LogP contribution in [0.1, 0.15) is 0 Å². The van der Waals surface area contributed by atoms with Crippen LogP contribution in [0.4, 0.5) is 10.1 Å². The lowest BCUT2D eigenvalue weighted by atomic mass is 10.0. The van der Waals surface area contributed by atoms with Crippen LogP contribution in [0.25, 0.3) is 11.1 Å². The third-order valence-corrected chi connectivity index (χ3v) is 2.55. The van der Waals surface area contributed by atoms with E-state index in [-0.39, 0.29) is 5.69 Å². The second-order valence-corrected chi connectivity index (χ2v) is 3.59. The van der Waals surface area contributed by atoms with Gasteiger partial charge in [-0.05, 0) is 12.1 Å². The molecule has 15 heavy (non-hydrogen) atoms. The fourth-order valence-corrected chi connectivity index (χ4v) is 1.69. The smallest absolute Gasteiger partial charge is 0.146 e. The molecule has 2 rings (SSSR count). The van der Waals surface area contributed by atoms with Crippen molar-refractivity contribution in [3.8, 4) is 11.1 Å². The van der Waals surface area contributed by atoms with Crippen LogP contribution in [0.2, 0.25) is 5.02 Å². The number of halogens is 2. The molecule has 0 aliphatic carbocycles. The lowest BCUT2D eigenvalue weighted by molar-refractivity contribution is 0.633. The molecule has 0 saturated carbocycles. The summed E-state index contributed by atoms with van der Waals surface area (Å²) in [6.45, 7) is 0. The first-order valence-corrected chi connectivity index (χ1v) is 4.87. The number of hydrogen-bond acceptors (Lipinski definition) is 1. The highest BCUT2D eigenvalue weighted by Gasteiger charge is 2.08. The van der Waals surface area contributed by atoms with Crippen LogP contribution in [0.5, 0.6) is 0 Å². The van der Waals surface area contributed by atoms with Crippen molar-refractivity contribution in [1.29, 1.82) is 0 Å². The summed E-state index contributed by atoms with van der Waals surface area (Å²) < 4.78 is 13.2. The van der Waals surface area contributed by atoms with E-state index < -0.39 is 5.82 Å². The molecule has 0 unspecified atom stereocenters. The molecular formula is C12H9ClFN. The van der Waals surface area contributed by atoms with Gasteiger partial charge in [-0.2, -0.15) is 0 Å². The number of hydrogen-bond donors (Lipinski definition) is 1. The third kappa shape index (κ3) is 1.81. The highest BCUT2D eigenvalue weighted by molar-refractivity contribution is 6.33. The van der Waals surface area contributed by atoms with Gasteiger partial charge in [-0.25, -0.2) is 4.39 Å². The molecule has 0 heterocycles. The van der Waals surface area contributed by atoms with Gasteiger partial charge in [0.15, 0.2) is 0 Å². The number of nitrogen functional groups attached to an aromatic ring is 1. The van der Waals surface area contributed by atoms with E-state index in [0.29, 0.717) is 10.6 Å². The zero-order chi connectivity index (χ0) is 10.8. The fraction of sp³-hybridized carbons (Fsp3) is 0. The fourth-order valence-electron chi connectivity index (χ4n) is 1.45. The van der Waals surface area contributed by atoms with E-state index in [4.69, 9.17) is 17.3 Å². The van der Waals surface area contributed by atoms with E-state index >= 15 is 0 Å². The third-order valence-electron chi connectivity index (χ3n) is 2.22. The number of anilines is 1. The van der Waals surface area contributed by atoms with Crippen LogP contribution >= 0.6 is 11.6 Å². The van der Waals surface area contributed by atoms with Crippen molar-refractivity contribution in [3.05, 3.63) is 53.3 Å². The monoisotopic (exact) mass is 221 g/mol. The SMILES string of the molecule is Nc1c(F)cccc1-c1ccccc1Cl. The normalized spacial score (nSPS) is 10.3. The average Bonchev–Trinajstić information content (AvgIpc) is 2.23. The molecule has 76 valence electrons. The van der Waals surface area contributed by atoms with E-state index in [1.165, 1.54) is 6.07 Å². The van der Waals surface area contributed by atoms with Gasteiger partial charge < -0.3 is 5.73 Å². The first kappa shape index (κ1) is 9.99. The minimum Gasteiger partial charge on any atom is -0.396 e. The molecule has 0 aliphatic rings. The predicted octanol–water partition coefficient (Wildman–Crippen LogP) is 3.73. The lowest BCUT2D eigenvalue weighted by Gasteiger charge is -2.07. The minimum atomic E-state index is -0.424. The Labute approximate surface area is 92.3 Å². The van der Waals surface area contributed by atoms with Gasteiger partial charge >= 0.3 is 0 Å².